The first kappa shape index (κ1) is 15.2. The zero-order valence-corrected chi connectivity index (χ0v) is 14.8. The maximum atomic E-state index is 2.40. The standard InChI is InChI=1S/C24H24/c1-4-9-17-10-5-6-11-19(17)18-14-15-23-21(16-18)20-12-7-8-13-22(20)24(23,2)3/h5-8,10-16H,4,9H2,1-3H3. The Labute approximate surface area is 145 Å². The Kier molecular flexibility index (Phi) is 3.57. The summed E-state index contributed by atoms with van der Waals surface area (Å²) >= 11 is 0. The highest BCUT2D eigenvalue weighted by Crippen LogP contribution is 2.49. The zero-order valence-electron chi connectivity index (χ0n) is 14.8. The van der Waals surface area contributed by atoms with E-state index < -0.39 is 0 Å². The number of rotatable bonds is 3. The van der Waals surface area contributed by atoms with Gasteiger partial charge in [0.15, 0.2) is 0 Å². The van der Waals surface area contributed by atoms with E-state index in [1.165, 1.54) is 45.4 Å². The molecule has 0 atom stereocenters. The molecule has 0 nitrogen and oxygen atoms in total. The summed E-state index contributed by atoms with van der Waals surface area (Å²) in [5.41, 5.74) is 9.94. The Hall–Kier alpha value is -2.34. The molecule has 0 radical (unpaired) electrons. The van der Waals surface area contributed by atoms with E-state index in [9.17, 15) is 0 Å². The molecular formula is C24H24. The Balaban J connectivity index is 1.91. The molecule has 0 saturated heterocycles. The van der Waals surface area contributed by atoms with Crippen molar-refractivity contribution >= 4 is 0 Å². The molecule has 0 saturated carbocycles. The van der Waals surface area contributed by atoms with Crippen LogP contribution in [0.1, 0.15) is 43.9 Å². The van der Waals surface area contributed by atoms with Gasteiger partial charge in [-0.25, -0.2) is 0 Å². The molecule has 0 amide bonds. The summed E-state index contributed by atoms with van der Waals surface area (Å²) in [7, 11) is 0. The van der Waals surface area contributed by atoms with Gasteiger partial charge in [0.25, 0.3) is 0 Å². The quantitative estimate of drug-likeness (QED) is 0.510. The van der Waals surface area contributed by atoms with Crippen molar-refractivity contribution in [2.45, 2.75) is 39.0 Å². The Morgan fingerprint density at radius 3 is 2.17 bits per heavy atom. The molecule has 0 heteroatoms. The van der Waals surface area contributed by atoms with Crippen molar-refractivity contribution in [1.82, 2.24) is 0 Å². The minimum absolute atomic E-state index is 0.0907. The molecule has 120 valence electrons. The van der Waals surface area contributed by atoms with Gasteiger partial charge in [0.1, 0.15) is 0 Å². The van der Waals surface area contributed by atoms with Gasteiger partial charge in [0.05, 0.1) is 0 Å². The molecule has 3 aromatic rings. The minimum atomic E-state index is 0.0907. The van der Waals surface area contributed by atoms with E-state index in [4.69, 9.17) is 0 Å². The van der Waals surface area contributed by atoms with Crippen LogP contribution in [0, 0.1) is 0 Å². The van der Waals surface area contributed by atoms with Crippen LogP contribution in [0.15, 0.2) is 66.7 Å². The van der Waals surface area contributed by atoms with Gasteiger partial charge in [-0.2, -0.15) is 0 Å². The highest BCUT2D eigenvalue weighted by Gasteiger charge is 2.35. The van der Waals surface area contributed by atoms with Crippen molar-refractivity contribution in [2.75, 3.05) is 0 Å². The average molecular weight is 312 g/mol. The highest BCUT2D eigenvalue weighted by molar-refractivity contribution is 5.84. The van der Waals surface area contributed by atoms with Gasteiger partial charge in [-0.1, -0.05) is 87.9 Å². The monoisotopic (exact) mass is 312 g/mol. The van der Waals surface area contributed by atoms with Crippen LogP contribution in [-0.4, -0.2) is 0 Å². The van der Waals surface area contributed by atoms with Crippen LogP contribution in [-0.2, 0) is 11.8 Å². The molecule has 0 unspecified atom stereocenters. The van der Waals surface area contributed by atoms with Gasteiger partial charge >= 0.3 is 0 Å². The summed E-state index contributed by atoms with van der Waals surface area (Å²) in [6.07, 6.45) is 2.31. The average Bonchev–Trinajstić information content (AvgIpc) is 2.84. The van der Waals surface area contributed by atoms with E-state index >= 15 is 0 Å². The number of hydrogen-bond donors (Lipinski definition) is 0. The largest absolute Gasteiger partial charge is 0.0651 e. The molecule has 0 aliphatic heterocycles. The second-order valence-corrected chi connectivity index (χ2v) is 7.34. The van der Waals surface area contributed by atoms with Crippen LogP contribution in [0.4, 0.5) is 0 Å². The van der Waals surface area contributed by atoms with Crippen molar-refractivity contribution in [3.63, 3.8) is 0 Å². The van der Waals surface area contributed by atoms with Crippen LogP contribution in [0.25, 0.3) is 22.3 Å². The summed E-state index contributed by atoms with van der Waals surface area (Å²) < 4.78 is 0. The highest BCUT2D eigenvalue weighted by atomic mass is 14.4. The Morgan fingerprint density at radius 2 is 1.38 bits per heavy atom. The smallest absolute Gasteiger partial charge is 0.0158 e. The van der Waals surface area contributed by atoms with Crippen molar-refractivity contribution in [3.05, 3.63) is 83.4 Å². The molecule has 0 heterocycles. The molecule has 0 bridgehead atoms. The van der Waals surface area contributed by atoms with E-state index in [1.807, 2.05) is 0 Å². The lowest BCUT2D eigenvalue weighted by Crippen LogP contribution is -2.14. The predicted octanol–water partition coefficient (Wildman–Crippen LogP) is 6.61. The topological polar surface area (TPSA) is 0 Å². The molecular weight excluding hydrogens is 288 g/mol. The van der Waals surface area contributed by atoms with E-state index in [0.29, 0.717) is 0 Å². The van der Waals surface area contributed by atoms with Crippen molar-refractivity contribution in [1.29, 1.82) is 0 Å². The minimum Gasteiger partial charge on any atom is -0.0651 e. The summed E-state index contributed by atoms with van der Waals surface area (Å²) in [5.74, 6) is 0. The van der Waals surface area contributed by atoms with E-state index in [2.05, 4.69) is 87.5 Å². The molecule has 1 aliphatic carbocycles. The molecule has 0 N–H and O–H groups in total. The molecule has 0 spiro atoms. The third-order valence-corrected chi connectivity index (χ3v) is 5.43. The lowest BCUT2D eigenvalue weighted by Gasteiger charge is -2.21. The summed E-state index contributed by atoms with van der Waals surface area (Å²) in [4.78, 5) is 0. The normalized spacial score (nSPS) is 14.3. The SMILES string of the molecule is CCCc1ccccc1-c1ccc2c(c1)-c1ccccc1C2(C)C. The van der Waals surface area contributed by atoms with Gasteiger partial charge < -0.3 is 0 Å². The van der Waals surface area contributed by atoms with Crippen LogP contribution >= 0.6 is 0 Å². The third-order valence-electron chi connectivity index (χ3n) is 5.43. The fourth-order valence-electron chi connectivity index (χ4n) is 4.18. The predicted molar refractivity (Wildman–Crippen MR) is 103 cm³/mol. The van der Waals surface area contributed by atoms with Crippen molar-refractivity contribution in [3.8, 4) is 22.3 Å². The number of benzene rings is 3. The first-order valence-corrected chi connectivity index (χ1v) is 8.95. The zero-order chi connectivity index (χ0) is 16.7. The van der Waals surface area contributed by atoms with Gasteiger partial charge in [0.2, 0.25) is 0 Å². The van der Waals surface area contributed by atoms with Gasteiger partial charge in [-0.05, 0) is 51.4 Å². The van der Waals surface area contributed by atoms with Gasteiger partial charge in [-0.3, -0.25) is 0 Å². The molecule has 0 aromatic heterocycles. The van der Waals surface area contributed by atoms with Crippen LogP contribution < -0.4 is 0 Å². The third kappa shape index (κ3) is 2.21. The maximum Gasteiger partial charge on any atom is 0.0158 e. The van der Waals surface area contributed by atoms with Crippen LogP contribution in [0.5, 0.6) is 0 Å². The first-order chi connectivity index (χ1) is 11.6. The number of aryl methyl sites for hydroxylation is 1. The molecule has 4 rings (SSSR count). The summed E-state index contributed by atoms with van der Waals surface area (Å²) in [5, 5.41) is 0. The van der Waals surface area contributed by atoms with Crippen LogP contribution in [0.3, 0.4) is 0 Å². The second kappa shape index (κ2) is 5.63. The fourth-order valence-corrected chi connectivity index (χ4v) is 4.18. The maximum absolute atomic E-state index is 2.40. The van der Waals surface area contributed by atoms with E-state index in [1.54, 1.807) is 0 Å². The van der Waals surface area contributed by atoms with Crippen molar-refractivity contribution in [2.24, 2.45) is 0 Å². The van der Waals surface area contributed by atoms with E-state index in [0.717, 1.165) is 6.42 Å². The second-order valence-electron chi connectivity index (χ2n) is 7.34. The fraction of sp³-hybridized carbons (Fsp3) is 0.250. The first-order valence-electron chi connectivity index (χ1n) is 8.95. The van der Waals surface area contributed by atoms with E-state index in [-0.39, 0.29) is 5.41 Å². The number of fused-ring (bicyclic) bond motifs is 3. The lowest BCUT2D eigenvalue weighted by molar-refractivity contribution is 0.660. The number of hydrogen-bond acceptors (Lipinski definition) is 0. The molecule has 1 aliphatic rings. The Morgan fingerprint density at radius 1 is 0.708 bits per heavy atom. The van der Waals surface area contributed by atoms with Crippen molar-refractivity contribution < 1.29 is 0 Å². The lowest BCUT2D eigenvalue weighted by atomic mass is 9.82. The molecule has 3 aromatic carbocycles. The Bertz CT molecular complexity index is 899. The summed E-state index contributed by atoms with van der Waals surface area (Å²) in [6, 6.07) is 24.7. The van der Waals surface area contributed by atoms with Gasteiger partial charge in [-0.15, -0.1) is 0 Å². The molecule has 24 heavy (non-hydrogen) atoms. The van der Waals surface area contributed by atoms with Crippen LogP contribution in [0.2, 0.25) is 0 Å². The summed E-state index contributed by atoms with van der Waals surface area (Å²) in [6.45, 7) is 6.92. The molecule has 0 fully saturated rings. The van der Waals surface area contributed by atoms with Gasteiger partial charge in [0, 0.05) is 5.41 Å².